The van der Waals surface area contributed by atoms with Crippen LogP contribution in [-0.4, -0.2) is 42.1 Å². The van der Waals surface area contributed by atoms with E-state index < -0.39 is 12.6 Å². The molecule has 1 atom stereocenters. The van der Waals surface area contributed by atoms with Gasteiger partial charge in [0.2, 0.25) is 0 Å². The number of aliphatic imine (C=N–C) groups is 1. The fourth-order valence-electron chi connectivity index (χ4n) is 2.03. The number of aromatic nitrogens is 2. The number of nitrogens with one attached hydrogen (secondary N) is 2. The summed E-state index contributed by atoms with van der Waals surface area (Å²) in [7, 11) is 1.54. The molecule has 1 rings (SSSR count). The van der Waals surface area contributed by atoms with Crippen molar-refractivity contribution in [3.8, 4) is 0 Å². The number of alkyl halides is 3. The molecule has 0 saturated heterocycles. The number of hydrogen-bond donors (Lipinski definition) is 2. The minimum Gasteiger partial charge on any atom is -0.356 e. The van der Waals surface area contributed by atoms with Crippen LogP contribution in [0, 0.1) is 19.8 Å². The fourth-order valence-corrected chi connectivity index (χ4v) is 2.03. The van der Waals surface area contributed by atoms with Crippen molar-refractivity contribution in [1.82, 2.24) is 20.4 Å². The first-order valence-corrected chi connectivity index (χ1v) is 7.23. The molecule has 0 aliphatic rings. The SMILES string of the molecule is CN=C(NCCC(F)(F)F)NCC(C)Cn1nc(C)cc1C. The summed E-state index contributed by atoms with van der Waals surface area (Å²) in [5.74, 6) is 0.642. The smallest absolute Gasteiger partial charge is 0.356 e. The Balaban J connectivity index is 2.35. The maximum absolute atomic E-state index is 12.1. The second-order valence-electron chi connectivity index (χ2n) is 5.46. The van der Waals surface area contributed by atoms with Crippen LogP contribution in [0.3, 0.4) is 0 Å². The van der Waals surface area contributed by atoms with E-state index in [1.807, 2.05) is 31.5 Å². The maximum atomic E-state index is 12.1. The van der Waals surface area contributed by atoms with Crippen LogP contribution in [0.5, 0.6) is 0 Å². The summed E-state index contributed by atoms with van der Waals surface area (Å²) >= 11 is 0. The Morgan fingerprint density at radius 1 is 1.36 bits per heavy atom. The summed E-state index contributed by atoms with van der Waals surface area (Å²) < 4.78 is 38.2. The van der Waals surface area contributed by atoms with E-state index in [0.29, 0.717) is 12.5 Å². The number of hydrogen-bond acceptors (Lipinski definition) is 2. The highest BCUT2D eigenvalue weighted by atomic mass is 19.4. The molecule has 1 aromatic rings. The summed E-state index contributed by atoms with van der Waals surface area (Å²) in [4.78, 5) is 3.91. The first kappa shape index (κ1) is 18.3. The molecule has 0 fully saturated rings. The molecule has 1 heterocycles. The van der Waals surface area contributed by atoms with E-state index in [9.17, 15) is 13.2 Å². The quantitative estimate of drug-likeness (QED) is 0.625. The van der Waals surface area contributed by atoms with Crippen LogP contribution >= 0.6 is 0 Å². The molecule has 0 spiro atoms. The third kappa shape index (κ3) is 6.82. The van der Waals surface area contributed by atoms with Crippen LogP contribution in [0.15, 0.2) is 11.1 Å². The molecule has 0 aliphatic heterocycles. The second kappa shape index (κ2) is 8.05. The van der Waals surface area contributed by atoms with Crippen molar-refractivity contribution in [2.75, 3.05) is 20.1 Å². The summed E-state index contributed by atoms with van der Waals surface area (Å²) in [5.41, 5.74) is 2.07. The Morgan fingerprint density at radius 2 is 2.05 bits per heavy atom. The van der Waals surface area contributed by atoms with Crippen molar-refractivity contribution < 1.29 is 13.2 Å². The van der Waals surface area contributed by atoms with E-state index in [1.54, 1.807) is 0 Å². The van der Waals surface area contributed by atoms with E-state index in [4.69, 9.17) is 0 Å². The predicted octanol–water partition coefficient (Wildman–Crippen LogP) is 2.25. The van der Waals surface area contributed by atoms with Crippen molar-refractivity contribution in [1.29, 1.82) is 0 Å². The van der Waals surface area contributed by atoms with E-state index in [0.717, 1.165) is 17.9 Å². The molecule has 0 amide bonds. The molecular formula is C14H24F3N5. The van der Waals surface area contributed by atoms with Crippen molar-refractivity contribution in [3.05, 3.63) is 17.5 Å². The van der Waals surface area contributed by atoms with Crippen LogP contribution in [0.2, 0.25) is 0 Å². The predicted molar refractivity (Wildman–Crippen MR) is 80.9 cm³/mol. The van der Waals surface area contributed by atoms with Gasteiger partial charge in [0.25, 0.3) is 0 Å². The van der Waals surface area contributed by atoms with Crippen molar-refractivity contribution in [3.63, 3.8) is 0 Å². The van der Waals surface area contributed by atoms with Gasteiger partial charge in [-0.3, -0.25) is 9.67 Å². The van der Waals surface area contributed by atoms with Gasteiger partial charge in [-0.1, -0.05) is 6.92 Å². The number of aryl methyl sites for hydroxylation is 2. The van der Waals surface area contributed by atoms with Gasteiger partial charge in [-0.25, -0.2) is 0 Å². The lowest BCUT2D eigenvalue weighted by Gasteiger charge is -2.17. The minimum absolute atomic E-state index is 0.186. The molecule has 0 radical (unpaired) electrons. The first-order valence-electron chi connectivity index (χ1n) is 7.23. The minimum atomic E-state index is -4.16. The zero-order chi connectivity index (χ0) is 16.8. The number of guanidine groups is 1. The van der Waals surface area contributed by atoms with Gasteiger partial charge in [-0.05, 0) is 25.8 Å². The lowest BCUT2D eigenvalue weighted by molar-refractivity contribution is -0.132. The van der Waals surface area contributed by atoms with Crippen LogP contribution in [0.4, 0.5) is 13.2 Å². The zero-order valence-corrected chi connectivity index (χ0v) is 13.5. The van der Waals surface area contributed by atoms with Crippen molar-refractivity contribution >= 4 is 5.96 Å². The molecule has 0 saturated carbocycles. The third-order valence-corrected chi connectivity index (χ3v) is 3.13. The molecule has 8 heteroatoms. The van der Waals surface area contributed by atoms with E-state index >= 15 is 0 Å². The Morgan fingerprint density at radius 3 is 2.55 bits per heavy atom. The van der Waals surface area contributed by atoms with Gasteiger partial charge in [-0.2, -0.15) is 18.3 Å². The summed E-state index contributed by atoms with van der Waals surface area (Å²) in [6, 6.07) is 2.01. The van der Waals surface area contributed by atoms with E-state index in [2.05, 4.69) is 20.7 Å². The molecule has 5 nitrogen and oxygen atoms in total. The fraction of sp³-hybridized carbons (Fsp3) is 0.714. The van der Waals surface area contributed by atoms with Crippen LogP contribution in [0.1, 0.15) is 24.7 Å². The van der Waals surface area contributed by atoms with Gasteiger partial charge in [0.15, 0.2) is 5.96 Å². The molecule has 2 N–H and O–H groups in total. The first-order chi connectivity index (χ1) is 10.2. The topological polar surface area (TPSA) is 54.2 Å². The molecule has 0 aliphatic carbocycles. The lowest BCUT2D eigenvalue weighted by Crippen LogP contribution is -2.41. The highest BCUT2D eigenvalue weighted by Gasteiger charge is 2.26. The summed E-state index contributed by atoms with van der Waals surface area (Å²) in [6.07, 6.45) is -5.04. The Bertz CT molecular complexity index is 493. The van der Waals surface area contributed by atoms with Crippen LogP contribution < -0.4 is 10.6 Å². The van der Waals surface area contributed by atoms with Gasteiger partial charge in [-0.15, -0.1) is 0 Å². The Kier molecular flexibility index (Phi) is 6.70. The second-order valence-corrected chi connectivity index (χ2v) is 5.46. The number of rotatable bonds is 6. The summed E-state index contributed by atoms with van der Waals surface area (Å²) in [6.45, 7) is 7.15. The monoisotopic (exact) mass is 319 g/mol. The zero-order valence-electron chi connectivity index (χ0n) is 13.5. The van der Waals surface area contributed by atoms with Gasteiger partial charge < -0.3 is 10.6 Å². The molecular weight excluding hydrogens is 295 g/mol. The summed E-state index contributed by atoms with van der Waals surface area (Å²) in [5, 5.41) is 10.1. The number of nitrogens with zero attached hydrogens (tertiary/aromatic N) is 3. The van der Waals surface area contributed by atoms with Crippen molar-refractivity contribution in [2.24, 2.45) is 10.9 Å². The maximum Gasteiger partial charge on any atom is 0.390 e. The molecule has 0 aromatic carbocycles. The average molecular weight is 319 g/mol. The normalized spacial score (nSPS) is 14.0. The third-order valence-electron chi connectivity index (χ3n) is 3.13. The number of halogens is 3. The van der Waals surface area contributed by atoms with Gasteiger partial charge in [0, 0.05) is 32.4 Å². The molecule has 22 heavy (non-hydrogen) atoms. The van der Waals surface area contributed by atoms with Gasteiger partial charge >= 0.3 is 6.18 Å². The van der Waals surface area contributed by atoms with Gasteiger partial charge in [0.1, 0.15) is 0 Å². The van der Waals surface area contributed by atoms with E-state index in [1.165, 1.54) is 7.05 Å². The Hall–Kier alpha value is -1.73. The van der Waals surface area contributed by atoms with Crippen LogP contribution in [-0.2, 0) is 6.54 Å². The highest BCUT2D eigenvalue weighted by Crippen LogP contribution is 2.18. The van der Waals surface area contributed by atoms with Crippen molar-refractivity contribution in [2.45, 2.75) is 39.9 Å². The average Bonchev–Trinajstić information content (AvgIpc) is 2.70. The standard InChI is InChI=1S/C14H24F3N5/c1-10(9-22-12(3)7-11(2)21-22)8-20-13(18-4)19-6-5-14(15,16)17/h7,10H,5-6,8-9H2,1-4H3,(H2,18,19,20). The molecule has 1 unspecified atom stereocenters. The lowest BCUT2D eigenvalue weighted by atomic mass is 10.2. The molecule has 0 bridgehead atoms. The van der Waals surface area contributed by atoms with Gasteiger partial charge in [0.05, 0.1) is 12.1 Å². The largest absolute Gasteiger partial charge is 0.390 e. The Labute approximate surface area is 129 Å². The van der Waals surface area contributed by atoms with Crippen LogP contribution in [0.25, 0.3) is 0 Å². The van der Waals surface area contributed by atoms with E-state index in [-0.39, 0.29) is 12.5 Å². The molecule has 126 valence electrons. The highest BCUT2D eigenvalue weighted by molar-refractivity contribution is 5.79. The molecule has 1 aromatic heterocycles.